The molecule has 0 unspecified atom stereocenters. The van der Waals surface area contributed by atoms with Gasteiger partial charge in [0.2, 0.25) is 5.79 Å². The number of unbranched alkanes of at least 4 members (excludes halogenated alkanes) is 5. The van der Waals surface area contributed by atoms with Gasteiger partial charge in [-0.25, -0.2) is 0 Å². The van der Waals surface area contributed by atoms with E-state index in [0.29, 0.717) is 6.42 Å². The Kier molecular flexibility index (Phi) is 5.65. The highest BCUT2D eigenvalue weighted by molar-refractivity contribution is 5.02. The molecule has 4 atom stereocenters. The summed E-state index contributed by atoms with van der Waals surface area (Å²) in [5.74, 6) is -1.66. The lowest BCUT2D eigenvalue weighted by atomic mass is 9.99. The van der Waals surface area contributed by atoms with Crippen molar-refractivity contribution in [1.29, 1.82) is 0 Å². The van der Waals surface area contributed by atoms with Crippen LogP contribution < -0.4 is 0 Å². The second-order valence-electron chi connectivity index (χ2n) is 6.70. The maximum atomic E-state index is 10.2. The second-order valence-corrected chi connectivity index (χ2v) is 6.70. The molecule has 0 aromatic carbocycles. The summed E-state index contributed by atoms with van der Waals surface area (Å²) in [5, 5.41) is 19.5. The average molecular weight is 302 g/mol. The second kappa shape index (κ2) is 6.92. The Morgan fingerprint density at radius 1 is 1.00 bits per heavy atom. The topological polar surface area (TPSA) is 68.2 Å². The number of aliphatic hydroxyl groups is 2. The van der Waals surface area contributed by atoms with E-state index in [1.165, 1.54) is 25.7 Å². The predicted molar refractivity (Wildman–Crippen MR) is 78.7 cm³/mol. The summed E-state index contributed by atoms with van der Waals surface area (Å²) >= 11 is 0. The molecule has 0 bridgehead atoms. The highest BCUT2D eigenvalue weighted by Crippen LogP contribution is 2.47. The van der Waals surface area contributed by atoms with Crippen molar-refractivity contribution < 1.29 is 24.4 Å². The third-order valence-corrected chi connectivity index (χ3v) is 4.36. The molecule has 2 aliphatic rings. The van der Waals surface area contributed by atoms with Crippen molar-refractivity contribution in [2.45, 2.75) is 95.6 Å². The van der Waals surface area contributed by atoms with Crippen LogP contribution in [0.25, 0.3) is 0 Å². The molecule has 124 valence electrons. The molecule has 0 aliphatic carbocycles. The van der Waals surface area contributed by atoms with Crippen LogP contribution >= 0.6 is 0 Å². The van der Waals surface area contributed by atoms with E-state index >= 15 is 0 Å². The molecular formula is C16H30O5. The first kappa shape index (κ1) is 17.2. The van der Waals surface area contributed by atoms with Crippen LogP contribution in [-0.4, -0.2) is 46.7 Å². The number of hydrogen-bond acceptors (Lipinski definition) is 5. The van der Waals surface area contributed by atoms with Crippen molar-refractivity contribution >= 4 is 0 Å². The summed E-state index contributed by atoms with van der Waals surface area (Å²) in [6.45, 7) is 5.65. The number of ether oxygens (including phenoxy) is 3. The summed E-state index contributed by atoms with van der Waals surface area (Å²) in [6, 6.07) is 0. The number of rotatable bonds is 8. The van der Waals surface area contributed by atoms with E-state index in [-0.39, 0.29) is 6.61 Å². The predicted octanol–water partition coefficient (Wildman–Crippen LogP) is 2.34. The van der Waals surface area contributed by atoms with Gasteiger partial charge in [-0.3, -0.25) is 0 Å². The third-order valence-electron chi connectivity index (χ3n) is 4.36. The zero-order chi connectivity index (χ0) is 15.5. The standard InChI is InChI=1S/C16H30O5/c1-4-5-6-7-8-9-10-16-14(20-15(2,3)21-16)13(18)12(11-17)19-16/h12-14,17-18H,4-11H2,1-3H3/t12-,13+,14-,16-/m0/s1. The zero-order valence-electron chi connectivity index (χ0n) is 13.5. The van der Waals surface area contributed by atoms with Crippen LogP contribution in [0.1, 0.15) is 65.7 Å². The monoisotopic (exact) mass is 302 g/mol. The molecule has 21 heavy (non-hydrogen) atoms. The molecule has 2 heterocycles. The van der Waals surface area contributed by atoms with Crippen molar-refractivity contribution in [2.24, 2.45) is 0 Å². The van der Waals surface area contributed by atoms with Crippen molar-refractivity contribution in [3.63, 3.8) is 0 Å². The van der Waals surface area contributed by atoms with E-state index in [4.69, 9.17) is 14.2 Å². The van der Waals surface area contributed by atoms with Crippen molar-refractivity contribution in [3.8, 4) is 0 Å². The zero-order valence-corrected chi connectivity index (χ0v) is 13.5. The van der Waals surface area contributed by atoms with Crippen molar-refractivity contribution in [2.75, 3.05) is 6.61 Å². The highest BCUT2D eigenvalue weighted by Gasteiger charge is 2.63. The SMILES string of the molecule is CCCCCCCC[C@@]12O[C@@H](CO)[C@@H](O)[C@@H]1OC(C)(C)O2. The molecule has 5 heteroatoms. The van der Waals surface area contributed by atoms with Crippen molar-refractivity contribution in [1.82, 2.24) is 0 Å². The van der Waals surface area contributed by atoms with Gasteiger partial charge in [0, 0.05) is 6.42 Å². The summed E-state index contributed by atoms with van der Waals surface area (Å²) in [7, 11) is 0. The Labute approximate surface area is 127 Å². The first-order valence-corrected chi connectivity index (χ1v) is 8.29. The maximum absolute atomic E-state index is 10.2. The van der Waals surface area contributed by atoms with Crippen LogP contribution in [0.5, 0.6) is 0 Å². The van der Waals surface area contributed by atoms with Crippen LogP contribution in [0.3, 0.4) is 0 Å². The van der Waals surface area contributed by atoms with Gasteiger partial charge >= 0.3 is 0 Å². The van der Waals surface area contributed by atoms with E-state index in [1.807, 2.05) is 13.8 Å². The van der Waals surface area contributed by atoms with E-state index in [9.17, 15) is 10.2 Å². The molecule has 2 N–H and O–H groups in total. The molecule has 2 aliphatic heterocycles. The van der Waals surface area contributed by atoms with E-state index in [1.54, 1.807) is 0 Å². The lowest BCUT2D eigenvalue weighted by Crippen LogP contribution is -2.40. The van der Waals surface area contributed by atoms with E-state index in [0.717, 1.165) is 12.8 Å². The molecule has 2 saturated heterocycles. The van der Waals surface area contributed by atoms with Gasteiger partial charge in [0.05, 0.1) is 6.61 Å². The van der Waals surface area contributed by atoms with Crippen LogP contribution in [0, 0.1) is 0 Å². The molecule has 0 spiro atoms. The van der Waals surface area contributed by atoms with Gasteiger partial charge in [0.15, 0.2) is 5.79 Å². The lowest BCUT2D eigenvalue weighted by molar-refractivity contribution is -0.268. The van der Waals surface area contributed by atoms with Gasteiger partial charge in [-0.05, 0) is 20.3 Å². The molecule has 0 radical (unpaired) electrons. The Hall–Kier alpha value is -0.200. The van der Waals surface area contributed by atoms with Crippen molar-refractivity contribution in [3.05, 3.63) is 0 Å². The summed E-state index contributed by atoms with van der Waals surface area (Å²) in [4.78, 5) is 0. The largest absolute Gasteiger partial charge is 0.394 e. The van der Waals surface area contributed by atoms with E-state index < -0.39 is 29.9 Å². The molecule has 0 amide bonds. The normalized spacial score (nSPS) is 37.9. The van der Waals surface area contributed by atoms with Gasteiger partial charge < -0.3 is 24.4 Å². The Balaban J connectivity index is 1.90. The average Bonchev–Trinajstić information content (AvgIpc) is 2.83. The van der Waals surface area contributed by atoms with Gasteiger partial charge in [-0.15, -0.1) is 0 Å². The number of aliphatic hydroxyl groups excluding tert-OH is 2. The summed E-state index contributed by atoms with van der Waals surface area (Å²) in [5.41, 5.74) is 0. The minimum atomic E-state index is -0.902. The fourth-order valence-electron chi connectivity index (χ4n) is 3.38. The summed E-state index contributed by atoms with van der Waals surface area (Å²) < 4.78 is 17.6. The van der Waals surface area contributed by atoms with Gasteiger partial charge in [0.25, 0.3) is 0 Å². The molecule has 5 nitrogen and oxygen atoms in total. The quantitative estimate of drug-likeness (QED) is 0.674. The fraction of sp³-hybridized carbons (Fsp3) is 1.00. The van der Waals surface area contributed by atoms with Crippen LogP contribution in [0.15, 0.2) is 0 Å². The van der Waals surface area contributed by atoms with Crippen LogP contribution in [0.2, 0.25) is 0 Å². The molecule has 2 fully saturated rings. The van der Waals surface area contributed by atoms with Crippen LogP contribution in [0.4, 0.5) is 0 Å². The number of fused-ring (bicyclic) bond motifs is 1. The van der Waals surface area contributed by atoms with E-state index in [2.05, 4.69) is 6.92 Å². The third kappa shape index (κ3) is 3.77. The molecule has 0 saturated carbocycles. The Bertz CT molecular complexity index is 333. The van der Waals surface area contributed by atoms with Gasteiger partial charge in [-0.1, -0.05) is 39.0 Å². The number of hydrogen-bond donors (Lipinski definition) is 2. The highest BCUT2D eigenvalue weighted by atomic mass is 16.9. The van der Waals surface area contributed by atoms with Gasteiger partial charge in [-0.2, -0.15) is 0 Å². The molecule has 0 aromatic rings. The lowest BCUT2D eigenvalue weighted by Gasteiger charge is -2.28. The first-order valence-electron chi connectivity index (χ1n) is 8.29. The molecule has 0 aromatic heterocycles. The minimum absolute atomic E-state index is 0.219. The Morgan fingerprint density at radius 3 is 2.33 bits per heavy atom. The smallest absolute Gasteiger partial charge is 0.201 e. The molecular weight excluding hydrogens is 272 g/mol. The summed E-state index contributed by atoms with van der Waals surface area (Å²) in [6.07, 6.45) is 5.83. The Morgan fingerprint density at radius 2 is 1.67 bits per heavy atom. The minimum Gasteiger partial charge on any atom is -0.394 e. The molecule has 2 rings (SSSR count). The van der Waals surface area contributed by atoms with Gasteiger partial charge in [0.1, 0.15) is 18.3 Å². The maximum Gasteiger partial charge on any atom is 0.201 e. The van der Waals surface area contributed by atoms with Crippen LogP contribution in [-0.2, 0) is 14.2 Å². The fourth-order valence-corrected chi connectivity index (χ4v) is 3.38. The first-order chi connectivity index (χ1) is 9.94.